The molecule has 0 fully saturated rings. The first kappa shape index (κ1) is 9.48. The standard InChI is InChI=1S/C8H4BrClN2O2/c9-4-1-2-12-5(3-4)6(10)11-7(12)8(13)14/h1-3H,(H,13,14). The number of carboxylic acid groups (broad SMARTS) is 1. The lowest BCUT2D eigenvalue weighted by Crippen LogP contribution is -2.02. The number of hydrogen-bond donors (Lipinski definition) is 1. The molecule has 72 valence electrons. The molecule has 1 N–H and O–H groups in total. The van der Waals surface area contributed by atoms with Crippen LogP contribution in [0.4, 0.5) is 0 Å². The van der Waals surface area contributed by atoms with Gasteiger partial charge in [-0.1, -0.05) is 27.5 Å². The summed E-state index contributed by atoms with van der Waals surface area (Å²) in [6, 6.07) is 3.43. The Bertz CT molecular complexity index is 523. The van der Waals surface area contributed by atoms with E-state index in [0.29, 0.717) is 5.52 Å². The molecule has 0 spiro atoms. The predicted molar refractivity (Wildman–Crippen MR) is 54.9 cm³/mol. The van der Waals surface area contributed by atoms with Gasteiger partial charge < -0.3 is 5.11 Å². The SMILES string of the molecule is O=C(O)c1nc(Cl)c2cc(Br)ccn12. The monoisotopic (exact) mass is 274 g/mol. The van der Waals surface area contributed by atoms with Crippen molar-refractivity contribution in [3.05, 3.63) is 33.8 Å². The van der Waals surface area contributed by atoms with Gasteiger partial charge in [-0.15, -0.1) is 0 Å². The first-order valence-electron chi connectivity index (χ1n) is 3.66. The fourth-order valence-corrected chi connectivity index (χ4v) is 1.73. The molecule has 2 aromatic heterocycles. The molecule has 14 heavy (non-hydrogen) atoms. The van der Waals surface area contributed by atoms with Crippen LogP contribution < -0.4 is 0 Å². The summed E-state index contributed by atoms with van der Waals surface area (Å²) in [5, 5.41) is 9.00. The van der Waals surface area contributed by atoms with Gasteiger partial charge in [-0.25, -0.2) is 9.78 Å². The van der Waals surface area contributed by atoms with Crippen LogP contribution in [-0.2, 0) is 0 Å². The van der Waals surface area contributed by atoms with Crippen molar-refractivity contribution in [1.29, 1.82) is 0 Å². The fraction of sp³-hybridized carbons (Fsp3) is 0. The Morgan fingerprint density at radius 3 is 3.00 bits per heavy atom. The van der Waals surface area contributed by atoms with Crippen molar-refractivity contribution in [2.75, 3.05) is 0 Å². The molecule has 4 nitrogen and oxygen atoms in total. The summed E-state index contributed by atoms with van der Waals surface area (Å²) in [5.41, 5.74) is 0.568. The third-order valence-electron chi connectivity index (χ3n) is 1.75. The first-order valence-corrected chi connectivity index (χ1v) is 4.83. The van der Waals surface area contributed by atoms with Gasteiger partial charge in [0.2, 0.25) is 5.82 Å². The number of aromatic carboxylic acids is 1. The minimum absolute atomic E-state index is 0.0856. The van der Waals surface area contributed by atoms with E-state index in [-0.39, 0.29) is 11.0 Å². The van der Waals surface area contributed by atoms with Crippen molar-refractivity contribution in [3.8, 4) is 0 Å². The summed E-state index contributed by atoms with van der Waals surface area (Å²) in [4.78, 5) is 14.5. The lowest BCUT2D eigenvalue weighted by molar-refractivity contribution is 0.0683. The highest BCUT2D eigenvalue weighted by molar-refractivity contribution is 9.10. The molecular formula is C8H4BrClN2O2. The van der Waals surface area contributed by atoms with Crippen molar-refractivity contribution < 1.29 is 9.90 Å². The molecule has 2 aromatic rings. The van der Waals surface area contributed by atoms with Crippen LogP contribution in [-0.4, -0.2) is 20.5 Å². The summed E-state index contributed by atoms with van der Waals surface area (Å²) >= 11 is 9.04. The summed E-state index contributed by atoms with van der Waals surface area (Å²) in [6.07, 6.45) is 1.60. The van der Waals surface area contributed by atoms with Gasteiger partial charge in [-0.2, -0.15) is 0 Å². The molecule has 2 heterocycles. The van der Waals surface area contributed by atoms with Crippen LogP contribution in [0.2, 0.25) is 5.15 Å². The van der Waals surface area contributed by atoms with E-state index in [9.17, 15) is 4.79 Å². The smallest absolute Gasteiger partial charge is 0.372 e. The molecule has 2 rings (SSSR count). The molecule has 0 unspecified atom stereocenters. The second-order valence-corrected chi connectivity index (χ2v) is 3.91. The highest BCUT2D eigenvalue weighted by Crippen LogP contribution is 2.21. The van der Waals surface area contributed by atoms with Gasteiger partial charge in [0.25, 0.3) is 0 Å². The van der Waals surface area contributed by atoms with Crippen LogP contribution in [0.5, 0.6) is 0 Å². The van der Waals surface area contributed by atoms with Crippen LogP contribution in [0.1, 0.15) is 10.6 Å². The Morgan fingerprint density at radius 1 is 1.64 bits per heavy atom. The second-order valence-electron chi connectivity index (χ2n) is 2.63. The van der Waals surface area contributed by atoms with Crippen molar-refractivity contribution in [3.63, 3.8) is 0 Å². The van der Waals surface area contributed by atoms with E-state index in [1.165, 1.54) is 4.40 Å². The van der Waals surface area contributed by atoms with Gasteiger partial charge >= 0.3 is 5.97 Å². The van der Waals surface area contributed by atoms with Crippen molar-refractivity contribution >= 4 is 39.0 Å². The molecule has 0 aromatic carbocycles. The quantitative estimate of drug-likeness (QED) is 0.870. The normalized spacial score (nSPS) is 10.7. The molecule has 0 saturated carbocycles. The number of nitrogens with zero attached hydrogens (tertiary/aromatic N) is 2. The highest BCUT2D eigenvalue weighted by Gasteiger charge is 2.14. The molecule has 0 radical (unpaired) electrons. The zero-order valence-corrected chi connectivity index (χ0v) is 9.08. The topological polar surface area (TPSA) is 54.6 Å². The maximum absolute atomic E-state index is 10.8. The number of hydrogen-bond acceptors (Lipinski definition) is 2. The van der Waals surface area contributed by atoms with Crippen LogP contribution >= 0.6 is 27.5 Å². The van der Waals surface area contributed by atoms with Crippen molar-refractivity contribution in [2.45, 2.75) is 0 Å². The summed E-state index contributed by atoms with van der Waals surface area (Å²) in [5.74, 6) is -1.19. The van der Waals surface area contributed by atoms with E-state index >= 15 is 0 Å². The Morgan fingerprint density at radius 2 is 2.36 bits per heavy atom. The Hall–Kier alpha value is -1.07. The average molecular weight is 275 g/mol. The maximum atomic E-state index is 10.8. The van der Waals surface area contributed by atoms with Gasteiger partial charge in [-0.3, -0.25) is 4.40 Å². The van der Waals surface area contributed by atoms with Gasteiger partial charge in [0.1, 0.15) is 0 Å². The number of fused-ring (bicyclic) bond motifs is 1. The number of aromatic nitrogens is 2. The van der Waals surface area contributed by atoms with Crippen molar-refractivity contribution in [2.24, 2.45) is 0 Å². The van der Waals surface area contributed by atoms with Crippen LogP contribution in [0.3, 0.4) is 0 Å². The molecule has 0 atom stereocenters. The zero-order valence-electron chi connectivity index (χ0n) is 6.74. The van der Waals surface area contributed by atoms with Crippen LogP contribution in [0.15, 0.2) is 22.8 Å². The number of imidazole rings is 1. The molecule has 6 heteroatoms. The Kier molecular flexibility index (Phi) is 2.20. The second kappa shape index (κ2) is 3.25. The molecule has 0 aliphatic rings. The van der Waals surface area contributed by atoms with Crippen LogP contribution in [0, 0.1) is 0 Å². The molecule has 0 amide bonds. The number of carboxylic acids is 1. The molecular weight excluding hydrogens is 271 g/mol. The minimum atomic E-state index is -1.10. The van der Waals surface area contributed by atoms with Gasteiger partial charge in [-0.05, 0) is 12.1 Å². The van der Waals surface area contributed by atoms with E-state index in [0.717, 1.165) is 4.47 Å². The average Bonchev–Trinajstić information content (AvgIpc) is 2.44. The number of pyridine rings is 1. The minimum Gasteiger partial charge on any atom is -0.475 e. The fourth-order valence-electron chi connectivity index (χ4n) is 1.17. The number of carbonyl (C=O) groups is 1. The highest BCUT2D eigenvalue weighted by atomic mass is 79.9. The lowest BCUT2D eigenvalue weighted by Gasteiger charge is -1.96. The predicted octanol–water partition coefficient (Wildman–Crippen LogP) is 2.45. The molecule has 0 aliphatic heterocycles. The number of rotatable bonds is 1. The Labute approximate surface area is 92.3 Å². The third-order valence-corrected chi connectivity index (χ3v) is 2.52. The van der Waals surface area contributed by atoms with E-state index in [1.54, 1.807) is 18.3 Å². The summed E-state index contributed by atoms with van der Waals surface area (Å²) < 4.78 is 2.25. The van der Waals surface area contributed by atoms with Gasteiger partial charge in [0.05, 0.1) is 5.52 Å². The molecule has 0 bridgehead atoms. The summed E-state index contributed by atoms with van der Waals surface area (Å²) in [6.45, 7) is 0. The van der Waals surface area contributed by atoms with E-state index < -0.39 is 5.97 Å². The molecule has 0 saturated heterocycles. The van der Waals surface area contributed by atoms with E-state index in [4.69, 9.17) is 16.7 Å². The van der Waals surface area contributed by atoms with Gasteiger partial charge in [0.15, 0.2) is 5.15 Å². The lowest BCUT2D eigenvalue weighted by atomic mass is 10.4. The third kappa shape index (κ3) is 1.38. The Balaban J connectivity index is 2.84. The first-order chi connectivity index (χ1) is 6.59. The summed E-state index contributed by atoms with van der Waals surface area (Å²) in [7, 11) is 0. The number of halogens is 2. The van der Waals surface area contributed by atoms with E-state index in [1.807, 2.05) is 0 Å². The van der Waals surface area contributed by atoms with Gasteiger partial charge in [0, 0.05) is 10.7 Å². The van der Waals surface area contributed by atoms with Crippen molar-refractivity contribution in [1.82, 2.24) is 9.38 Å². The zero-order chi connectivity index (χ0) is 10.3. The maximum Gasteiger partial charge on any atom is 0.372 e. The molecule has 0 aliphatic carbocycles. The largest absolute Gasteiger partial charge is 0.475 e. The van der Waals surface area contributed by atoms with E-state index in [2.05, 4.69) is 20.9 Å². The van der Waals surface area contributed by atoms with Crippen LogP contribution in [0.25, 0.3) is 5.52 Å².